The zero-order chi connectivity index (χ0) is 9.99. The first-order chi connectivity index (χ1) is 5.25. The van der Waals surface area contributed by atoms with E-state index in [1.165, 1.54) is 0 Å². The predicted molar refractivity (Wildman–Crippen MR) is 55.5 cm³/mol. The van der Waals surface area contributed by atoms with E-state index in [0.717, 1.165) is 0 Å². The van der Waals surface area contributed by atoms with Crippen molar-refractivity contribution in [2.24, 2.45) is 10.7 Å². The van der Waals surface area contributed by atoms with E-state index in [0.29, 0.717) is 5.92 Å². The van der Waals surface area contributed by atoms with E-state index in [4.69, 9.17) is 5.53 Å². The molecule has 0 aliphatic carbocycles. The van der Waals surface area contributed by atoms with Crippen molar-refractivity contribution in [1.82, 2.24) is 0 Å². The molecule has 0 atom stereocenters. The van der Waals surface area contributed by atoms with Gasteiger partial charge in [-0.05, 0) is 21.4 Å². The van der Waals surface area contributed by atoms with Gasteiger partial charge < -0.3 is 0 Å². The molecule has 0 fully saturated rings. The monoisotopic (exact) mass is 185 g/mol. The van der Waals surface area contributed by atoms with E-state index in [1.807, 2.05) is 0 Å². The minimum atomic E-state index is -1.79. The Balaban J connectivity index is 4.86. The van der Waals surface area contributed by atoms with Crippen LogP contribution in [0.3, 0.4) is 0 Å². The second-order valence-corrected chi connectivity index (χ2v) is 9.23. The van der Waals surface area contributed by atoms with E-state index in [-0.39, 0.29) is 5.04 Å². The molecule has 0 aromatic heterocycles. The van der Waals surface area contributed by atoms with Crippen molar-refractivity contribution in [3.63, 3.8) is 0 Å². The Labute approximate surface area is 75.9 Å². The third-order valence-corrected chi connectivity index (χ3v) is 7.64. The first-order valence-corrected chi connectivity index (χ1v) is 7.26. The summed E-state index contributed by atoms with van der Waals surface area (Å²) in [5.74, 6) is 0.560. The SMILES string of the molecule is CC(C)C(C)(C)[Si](C)(C)N=[N+]=[N-]. The smallest absolute Gasteiger partial charge is 0.124 e. The van der Waals surface area contributed by atoms with Gasteiger partial charge in [0.25, 0.3) is 0 Å². The van der Waals surface area contributed by atoms with Crippen molar-refractivity contribution in [2.75, 3.05) is 0 Å². The zero-order valence-corrected chi connectivity index (χ0v) is 9.92. The number of azide groups is 1. The molecule has 0 saturated heterocycles. The van der Waals surface area contributed by atoms with Gasteiger partial charge in [0, 0.05) is 0 Å². The molecule has 0 aliphatic heterocycles. The molecule has 0 radical (unpaired) electrons. The van der Waals surface area contributed by atoms with E-state index in [1.54, 1.807) is 0 Å². The quantitative estimate of drug-likeness (QED) is 0.277. The van der Waals surface area contributed by atoms with Crippen LogP contribution in [-0.4, -0.2) is 8.24 Å². The van der Waals surface area contributed by atoms with Crippen molar-refractivity contribution in [3.05, 3.63) is 10.4 Å². The van der Waals surface area contributed by atoms with Gasteiger partial charge in [-0.25, -0.2) is 0 Å². The molecular weight excluding hydrogens is 166 g/mol. The molecular formula is C8H19N3Si. The molecule has 3 nitrogen and oxygen atoms in total. The normalized spacial score (nSPS) is 12.9. The lowest BCUT2D eigenvalue weighted by Crippen LogP contribution is -2.40. The highest BCUT2D eigenvalue weighted by Gasteiger charge is 2.40. The zero-order valence-electron chi connectivity index (χ0n) is 8.92. The highest BCUT2D eigenvalue weighted by Crippen LogP contribution is 2.44. The van der Waals surface area contributed by atoms with Gasteiger partial charge in [0.15, 0.2) is 8.24 Å². The topological polar surface area (TPSA) is 48.8 Å². The van der Waals surface area contributed by atoms with Crippen LogP contribution in [0.4, 0.5) is 0 Å². The Morgan fingerprint density at radius 2 is 1.75 bits per heavy atom. The first-order valence-electron chi connectivity index (χ1n) is 4.32. The Morgan fingerprint density at radius 3 is 2.00 bits per heavy atom. The van der Waals surface area contributed by atoms with E-state index >= 15 is 0 Å². The van der Waals surface area contributed by atoms with Gasteiger partial charge in [-0.3, -0.25) is 0 Å². The third kappa shape index (κ3) is 2.02. The predicted octanol–water partition coefficient (Wildman–Crippen LogP) is 3.94. The maximum atomic E-state index is 8.44. The molecule has 0 rings (SSSR count). The minimum absolute atomic E-state index is 0.166. The van der Waals surface area contributed by atoms with Gasteiger partial charge >= 0.3 is 0 Å². The summed E-state index contributed by atoms with van der Waals surface area (Å²) in [7, 11) is -1.79. The largest absolute Gasteiger partial charge is 0.155 e. The van der Waals surface area contributed by atoms with Crippen LogP contribution >= 0.6 is 0 Å². The van der Waals surface area contributed by atoms with E-state index < -0.39 is 8.24 Å². The van der Waals surface area contributed by atoms with Crippen molar-refractivity contribution >= 4 is 8.24 Å². The minimum Gasteiger partial charge on any atom is -0.124 e. The molecule has 4 heteroatoms. The van der Waals surface area contributed by atoms with Crippen LogP contribution in [0.15, 0.2) is 4.78 Å². The number of nitrogens with zero attached hydrogens (tertiary/aromatic N) is 3. The molecule has 0 aliphatic rings. The maximum Gasteiger partial charge on any atom is 0.155 e. The molecule has 0 saturated carbocycles. The highest BCUT2D eigenvalue weighted by molar-refractivity contribution is 6.78. The summed E-state index contributed by atoms with van der Waals surface area (Å²) in [4.78, 5) is 2.94. The number of hydrogen-bond acceptors (Lipinski definition) is 1. The lowest BCUT2D eigenvalue weighted by Gasteiger charge is -2.39. The van der Waals surface area contributed by atoms with Crippen LogP contribution in [0.2, 0.25) is 18.1 Å². The summed E-state index contributed by atoms with van der Waals surface area (Å²) >= 11 is 0. The lowest BCUT2D eigenvalue weighted by atomic mass is 9.99. The average Bonchev–Trinajstić information content (AvgIpc) is 1.86. The molecule has 0 aromatic rings. The van der Waals surface area contributed by atoms with Crippen LogP contribution < -0.4 is 0 Å². The summed E-state index contributed by atoms with van der Waals surface area (Å²) < 4.78 is 3.97. The van der Waals surface area contributed by atoms with E-state index in [2.05, 4.69) is 50.5 Å². The van der Waals surface area contributed by atoms with Crippen LogP contribution in [0, 0.1) is 5.92 Å². The van der Waals surface area contributed by atoms with E-state index in [9.17, 15) is 0 Å². The van der Waals surface area contributed by atoms with Gasteiger partial charge in [-0.15, -0.1) is 4.78 Å². The summed E-state index contributed by atoms with van der Waals surface area (Å²) in [6.45, 7) is 13.0. The molecule has 12 heavy (non-hydrogen) atoms. The standard InChI is InChI=1S/C8H19N3Si/c1-7(2)8(3,4)12(5,6)11-10-9/h7H,1-6H3. The first kappa shape index (κ1) is 11.5. The Morgan fingerprint density at radius 1 is 1.33 bits per heavy atom. The lowest BCUT2D eigenvalue weighted by molar-refractivity contribution is 0.457. The second-order valence-electron chi connectivity index (χ2n) is 4.62. The van der Waals surface area contributed by atoms with Crippen molar-refractivity contribution in [2.45, 2.75) is 45.8 Å². The highest BCUT2D eigenvalue weighted by atomic mass is 28.3. The van der Waals surface area contributed by atoms with Crippen LogP contribution in [0.5, 0.6) is 0 Å². The summed E-state index contributed by atoms with van der Waals surface area (Å²) in [5, 5.41) is 0.166. The Kier molecular flexibility index (Phi) is 3.36. The van der Waals surface area contributed by atoms with Crippen molar-refractivity contribution in [1.29, 1.82) is 0 Å². The Bertz CT molecular complexity index is 202. The van der Waals surface area contributed by atoms with Crippen molar-refractivity contribution in [3.8, 4) is 0 Å². The fourth-order valence-electron chi connectivity index (χ4n) is 0.947. The van der Waals surface area contributed by atoms with Gasteiger partial charge in [-0.1, -0.05) is 40.8 Å². The summed E-state index contributed by atoms with van der Waals surface area (Å²) in [5.41, 5.74) is 8.44. The van der Waals surface area contributed by atoms with Crippen LogP contribution in [0.1, 0.15) is 27.7 Å². The average molecular weight is 185 g/mol. The molecule has 0 unspecified atom stereocenters. The second kappa shape index (κ2) is 3.50. The number of hydrogen-bond donors (Lipinski definition) is 0. The van der Waals surface area contributed by atoms with Crippen LogP contribution in [-0.2, 0) is 0 Å². The molecule has 0 spiro atoms. The van der Waals surface area contributed by atoms with Gasteiger partial charge in [0.1, 0.15) is 0 Å². The van der Waals surface area contributed by atoms with Crippen molar-refractivity contribution < 1.29 is 0 Å². The number of rotatable bonds is 3. The summed E-state index contributed by atoms with van der Waals surface area (Å²) in [6.07, 6.45) is 0. The van der Waals surface area contributed by atoms with Gasteiger partial charge in [0.2, 0.25) is 0 Å². The Hall–Kier alpha value is -0.473. The molecule has 0 amide bonds. The maximum absolute atomic E-state index is 8.44. The van der Waals surface area contributed by atoms with Gasteiger partial charge in [0.05, 0.1) is 0 Å². The van der Waals surface area contributed by atoms with Gasteiger partial charge in [-0.2, -0.15) is 0 Å². The fraction of sp³-hybridized carbons (Fsp3) is 1.00. The molecule has 0 bridgehead atoms. The molecule has 0 heterocycles. The fourth-order valence-corrected chi connectivity index (χ4v) is 2.84. The summed E-state index contributed by atoms with van der Waals surface area (Å²) in [6, 6.07) is 0. The molecule has 0 aromatic carbocycles. The van der Waals surface area contributed by atoms with Crippen LogP contribution in [0.25, 0.3) is 10.4 Å². The molecule has 70 valence electrons. The third-order valence-electron chi connectivity index (χ3n) is 3.31. The molecule has 0 N–H and O–H groups in total.